The molecule has 5 aromatic rings. The summed E-state index contributed by atoms with van der Waals surface area (Å²) in [7, 11) is 0. The third-order valence-corrected chi connectivity index (χ3v) is 7.62. The van der Waals surface area contributed by atoms with E-state index in [1.807, 2.05) is 0 Å². The molecule has 0 saturated carbocycles. The van der Waals surface area contributed by atoms with E-state index >= 15 is 13.2 Å². The molecule has 0 amide bonds. The SMILES string of the molecule is CCCCCc1ccc(-c2ccc(-c3ccc(C(F)(F)Oc4cc(F)c(-c5ccc(OC(F)(F)F)c(F)c5)c(F)c4)cc3)c(F)c2)c(F)c1. The van der Waals surface area contributed by atoms with Crippen LogP contribution in [0.4, 0.5) is 43.9 Å². The number of rotatable bonds is 11. The number of alkyl halides is 5. The summed E-state index contributed by atoms with van der Waals surface area (Å²) < 4.78 is 149. The van der Waals surface area contributed by atoms with Crippen LogP contribution in [-0.4, -0.2) is 6.36 Å². The Kier molecular flexibility index (Phi) is 10.3. The van der Waals surface area contributed by atoms with Crippen LogP contribution in [0.25, 0.3) is 33.4 Å². The smallest absolute Gasteiger partial charge is 0.429 e. The molecule has 5 rings (SSSR count). The van der Waals surface area contributed by atoms with Gasteiger partial charge in [-0.25, -0.2) is 22.0 Å². The van der Waals surface area contributed by atoms with Gasteiger partial charge in [-0.15, -0.1) is 13.2 Å². The van der Waals surface area contributed by atoms with Crippen LogP contribution in [0, 0.1) is 29.1 Å². The fraction of sp³-hybridized carbons (Fsp3) is 0.189. The molecule has 12 heteroatoms. The lowest BCUT2D eigenvalue weighted by atomic mass is 9.97. The number of halogens is 10. The third-order valence-electron chi connectivity index (χ3n) is 7.62. The Labute approximate surface area is 274 Å². The van der Waals surface area contributed by atoms with Crippen LogP contribution in [-0.2, 0) is 12.5 Å². The molecule has 0 spiro atoms. The lowest BCUT2D eigenvalue weighted by molar-refractivity contribution is -0.275. The van der Waals surface area contributed by atoms with Crippen molar-refractivity contribution >= 4 is 0 Å². The van der Waals surface area contributed by atoms with Gasteiger partial charge in [-0.1, -0.05) is 62.2 Å². The Morgan fingerprint density at radius 1 is 0.531 bits per heavy atom. The molecule has 0 heterocycles. The zero-order chi connectivity index (χ0) is 35.5. The van der Waals surface area contributed by atoms with E-state index in [0.717, 1.165) is 55.5 Å². The molecule has 0 fully saturated rings. The van der Waals surface area contributed by atoms with Crippen LogP contribution in [0.15, 0.2) is 91.0 Å². The van der Waals surface area contributed by atoms with Gasteiger partial charge >= 0.3 is 12.5 Å². The maximum Gasteiger partial charge on any atom is 0.573 e. The summed E-state index contributed by atoms with van der Waals surface area (Å²) in [6.07, 6.45) is -5.64. The van der Waals surface area contributed by atoms with Crippen LogP contribution >= 0.6 is 0 Å². The minimum atomic E-state index is -5.21. The highest BCUT2D eigenvalue weighted by Gasteiger charge is 2.36. The van der Waals surface area contributed by atoms with Gasteiger partial charge in [-0.2, -0.15) is 8.78 Å². The second-order valence-electron chi connectivity index (χ2n) is 11.1. The van der Waals surface area contributed by atoms with Crippen LogP contribution in [0.3, 0.4) is 0 Å². The van der Waals surface area contributed by atoms with Crippen molar-refractivity contribution in [2.45, 2.75) is 45.1 Å². The zero-order valence-corrected chi connectivity index (χ0v) is 25.6. The lowest BCUT2D eigenvalue weighted by Gasteiger charge is -2.19. The van der Waals surface area contributed by atoms with Gasteiger partial charge in [0.1, 0.15) is 29.0 Å². The van der Waals surface area contributed by atoms with Crippen molar-refractivity contribution in [3.8, 4) is 44.9 Å². The molecule has 2 nitrogen and oxygen atoms in total. The van der Waals surface area contributed by atoms with Gasteiger partial charge in [0, 0.05) is 23.3 Å². The van der Waals surface area contributed by atoms with Gasteiger partial charge < -0.3 is 9.47 Å². The summed E-state index contributed by atoms with van der Waals surface area (Å²) in [4.78, 5) is 0. The molecule has 256 valence electrons. The molecule has 0 aliphatic carbocycles. The first-order valence-corrected chi connectivity index (χ1v) is 15.0. The fourth-order valence-corrected chi connectivity index (χ4v) is 5.24. The van der Waals surface area contributed by atoms with E-state index in [4.69, 9.17) is 0 Å². The van der Waals surface area contributed by atoms with Crippen molar-refractivity contribution in [2.75, 3.05) is 0 Å². The molecule has 0 aliphatic heterocycles. The molecule has 0 aliphatic rings. The second-order valence-corrected chi connectivity index (χ2v) is 11.1. The predicted octanol–water partition coefficient (Wildman–Crippen LogP) is 12.1. The fourth-order valence-electron chi connectivity index (χ4n) is 5.24. The van der Waals surface area contributed by atoms with E-state index in [1.54, 1.807) is 12.1 Å². The van der Waals surface area contributed by atoms with Crippen LogP contribution in [0.1, 0.15) is 37.3 Å². The quantitative estimate of drug-likeness (QED) is 0.101. The molecule has 0 N–H and O–H groups in total. The van der Waals surface area contributed by atoms with Crippen molar-refractivity contribution in [1.82, 2.24) is 0 Å². The number of ether oxygens (including phenoxy) is 2. The molecule has 0 unspecified atom stereocenters. The lowest BCUT2D eigenvalue weighted by Crippen LogP contribution is -2.22. The highest BCUT2D eigenvalue weighted by molar-refractivity contribution is 5.72. The summed E-state index contributed by atoms with van der Waals surface area (Å²) in [6, 6.07) is 15.5. The van der Waals surface area contributed by atoms with Gasteiger partial charge in [0.05, 0.1) is 11.1 Å². The number of benzene rings is 5. The topological polar surface area (TPSA) is 18.5 Å². The van der Waals surface area contributed by atoms with E-state index in [-0.39, 0.29) is 16.7 Å². The van der Waals surface area contributed by atoms with E-state index in [1.165, 1.54) is 30.3 Å². The Morgan fingerprint density at radius 2 is 1.10 bits per heavy atom. The summed E-state index contributed by atoms with van der Waals surface area (Å²) in [5.74, 6) is -7.92. The normalized spacial score (nSPS) is 11.9. The average Bonchev–Trinajstić information content (AvgIpc) is 3.01. The maximum absolute atomic E-state index is 15.2. The van der Waals surface area contributed by atoms with Gasteiger partial charge in [-0.05, 0) is 71.5 Å². The summed E-state index contributed by atoms with van der Waals surface area (Å²) >= 11 is 0. The van der Waals surface area contributed by atoms with Gasteiger partial charge in [-0.3, -0.25) is 0 Å². The molecule has 0 atom stereocenters. The molecule has 49 heavy (non-hydrogen) atoms. The second kappa shape index (κ2) is 14.2. The first kappa shape index (κ1) is 35.3. The molecule has 0 bridgehead atoms. The molecule has 5 aromatic carbocycles. The highest BCUT2D eigenvalue weighted by atomic mass is 19.4. The Bertz CT molecular complexity index is 1930. The van der Waals surface area contributed by atoms with E-state index < -0.39 is 69.7 Å². The van der Waals surface area contributed by atoms with Crippen molar-refractivity contribution in [3.63, 3.8) is 0 Å². The van der Waals surface area contributed by atoms with Crippen LogP contribution in [0.5, 0.6) is 11.5 Å². The first-order valence-electron chi connectivity index (χ1n) is 15.0. The molecule has 0 radical (unpaired) electrons. The summed E-state index contributed by atoms with van der Waals surface area (Å²) in [5.41, 5.74) is -0.604. The standard InChI is InChI=1S/C37H26F10O2/c1-2-3-4-5-21-6-13-28(29(38)16-21)23-9-14-27(30(39)17-23)22-7-11-25(12-8-22)36(43,44)48-26-19-32(41)35(33(42)20-26)24-10-15-34(31(40)18-24)49-37(45,46)47/h6-20H,2-5H2,1H3. The Hall–Kier alpha value is -5.00. The van der Waals surface area contributed by atoms with Crippen molar-refractivity contribution in [2.24, 2.45) is 0 Å². The van der Waals surface area contributed by atoms with Crippen LogP contribution in [0.2, 0.25) is 0 Å². The van der Waals surface area contributed by atoms with Crippen molar-refractivity contribution in [1.29, 1.82) is 0 Å². The van der Waals surface area contributed by atoms with Gasteiger partial charge in [0.25, 0.3) is 0 Å². The largest absolute Gasteiger partial charge is 0.573 e. The van der Waals surface area contributed by atoms with E-state index in [2.05, 4.69) is 16.4 Å². The summed E-state index contributed by atoms with van der Waals surface area (Å²) in [6.45, 7) is 2.07. The Morgan fingerprint density at radius 3 is 1.69 bits per heavy atom. The third kappa shape index (κ3) is 8.36. The molecule has 0 aromatic heterocycles. The monoisotopic (exact) mass is 692 g/mol. The number of hydrogen-bond donors (Lipinski definition) is 0. The zero-order valence-electron chi connectivity index (χ0n) is 25.6. The van der Waals surface area contributed by atoms with Crippen molar-refractivity contribution in [3.05, 3.63) is 131 Å². The van der Waals surface area contributed by atoms with Gasteiger partial charge in [0.15, 0.2) is 11.6 Å². The van der Waals surface area contributed by atoms with Crippen molar-refractivity contribution < 1.29 is 53.4 Å². The molecular weight excluding hydrogens is 666 g/mol. The minimum Gasteiger partial charge on any atom is -0.429 e. The average molecular weight is 693 g/mol. The first-order chi connectivity index (χ1) is 23.1. The maximum atomic E-state index is 15.2. The van der Waals surface area contributed by atoms with Gasteiger partial charge in [0.2, 0.25) is 0 Å². The Balaban J connectivity index is 1.31. The van der Waals surface area contributed by atoms with E-state index in [0.29, 0.717) is 29.8 Å². The molecular formula is C37H26F10O2. The minimum absolute atomic E-state index is 0.0466. The highest BCUT2D eigenvalue weighted by Crippen LogP contribution is 2.38. The number of unbranched alkanes of at least 4 members (excludes halogenated alkanes) is 2. The number of hydrogen-bond acceptors (Lipinski definition) is 2. The van der Waals surface area contributed by atoms with E-state index in [9.17, 15) is 30.7 Å². The van der Waals surface area contributed by atoms with Crippen LogP contribution < -0.4 is 9.47 Å². The molecule has 0 saturated heterocycles. The summed E-state index contributed by atoms with van der Waals surface area (Å²) in [5, 5.41) is 0. The predicted molar refractivity (Wildman–Crippen MR) is 163 cm³/mol. The number of aryl methyl sites for hydroxylation is 1.